The minimum atomic E-state index is 0.903. The van der Waals surface area contributed by atoms with E-state index in [1.54, 1.807) is 0 Å². The summed E-state index contributed by atoms with van der Waals surface area (Å²) in [6, 6.07) is 32.9. The molecule has 5 rings (SSSR count). The summed E-state index contributed by atoms with van der Waals surface area (Å²) in [5.41, 5.74) is 5.22. The molecule has 182 valence electrons. The Kier molecular flexibility index (Phi) is 7.05. The normalized spacial score (nSPS) is 11.7. The second kappa shape index (κ2) is 10.7. The van der Waals surface area contributed by atoms with Crippen LogP contribution < -0.4 is 4.90 Å². The molecule has 0 unspecified atom stereocenters. The van der Waals surface area contributed by atoms with Gasteiger partial charge in [-0.2, -0.15) is 0 Å². The molecule has 1 nitrogen and oxygen atoms in total. The molecule has 0 atom stereocenters. The van der Waals surface area contributed by atoms with Crippen molar-refractivity contribution >= 4 is 38.0 Å². The number of benzene rings is 5. The van der Waals surface area contributed by atoms with Gasteiger partial charge in [-0.25, -0.2) is 0 Å². The van der Waals surface area contributed by atoms with Gasteiger partial charge in [0.2, 0.25) is 0 Å². The molecular formula is C36H33N. The highest BCUT2D eigenvalue weighted by molar-refractivity contribution is 6.25. The van der Waals surface area contributed by atoms with E-state index in [9.17, 15) is 0 Å². The quantitative estimate of drug-likeness (QED) is 0.158. The van der Waals surface area contributed by atoms with Crippen molar-refractivity contribution in [3.05, 3.63) is 140 Å². The van der Waals surface area contributed by atoms with Crippen molar-refractivity contribution in [1.82, 2.24) is 0 Å². The molecule has 0 bridgehead atoms. The highest BCUT2D eigenvalue weighted by atomic mass is 15.1. The van der Waals surface area contributed by atoms with Gasteiger partial charge in [0.05, 0.1) is 0 Å². The molecule has 0 fully saturated rings. The largest absolute Gasteiger partial charge is 0.312 e. The van der Waals surface area contributed by atoms with E-state index in [2.05, 4.69) is 147 Å². The Bertz CT molecular complexity index is 1620. The van der Waals surface area contributed by atoms with Gasteiger partial charge in [-0.05, 0) is 86.6 Å². The number of rotatable bonds is 8. The Morgan fingerprint density at radius 3 is 1.59 bits per heavy atom. The second-order valence-corrected chi connectivity index (χ2v) is 9.34. The van der Waals surface area contributed by atoms with Crippen LogP contribution >= 0.6 is 0 Å². The van der Waals surface area contributed by atoms with Gasteiger partial charge < -0.3 is 4.90 Å². The molecule has 0 aliphatic heterocycles. The Hall–Kier alpha value is -4.36. The Morgan fingerprint density at radius 2 is 1.05 bits per heavy atom. The third-order valence-corrected chi connectivity index (χ3v) is 6.85. The molecule has 0 spiro atoms. The third-order valence-electron chi connectivity index (χ3n) is 6.85. The molecule has 0 aliphatic carbocycles. The van der Waals surface area contributed by atoms with E-state index in [0.717, 1.165) is 29.9 Å². The van der Waals surface area contributed by atoms with Gasteiger partial charge in [0.1, 0.15) is 0 Å². The van der Waals surface area contributed by atoms with Crippen molar-refractivity contribution in [3.63, 3.8) is 0 Å². The van der Waals surface area contributed by atoms with E-state index < -0.39 is 0 Å². The Balaban J connectivity index is 1.66. The van der Waals surface area contributed by atoms with E-state index in [1.807, 2.05) is 0 Å². The maximum Gasteiger partial charge on any atom is 0.0467 e. The number of hydrogen-bond acceptors (Lipinski definition) is 1. The highest BCUT2D eigenvalue weighted by Crippen LogP contribution is 2.38. The first kappa shape index (κ1) is 24.3. The van der Waals surface area contributed by atoms with Gasteiger partial charge in [0.25, 0.3) is 0 Å². The van der Waals surface area contributed by atoms with Gasteiger partial charge >= 0.3 is 0 Å². The molecule has 0 saturated heterocycles. The molecule has 0 heterocycles. The molecule has 37 heavy (non-hydrogen) atoms. The van der Waals surface area contributed by atoms with Crippen molar-refractivity contribution in [1.29, 1.82) is 0 Å². The van der Waals surface area contributed by atoms with Crippen molar-refractivity contribution in [2.45, 2.75) is 26.7 Å². The first-order chi connectivity index (χ1) is 18.1. The molecule has 1 heteroatoms. The summed E-state index contributed by atoms with van der Waals surface area (Å²) >= 11 is 0. The standard InChI is InChI=1S/C36H33N/c1-5-7-14-26(3)37(27(4)15-8-6-2)30-17-13-16-28(24-30)29-22-23-35-33-20-10-9-18-31(33)32-19-11-12-21-34(32)36(35)25-29/h7-25H,3-6H2,1-2H3/b14-7-,15-8-. The van der Waals surface area contributed by atoms with Crippen LogP contribution in [0, 0.1) is 0 Å². The van der Waals surface area contributed by atoms with Gasteiger partial charge in [0, 0.05) is 17.1 Å². The molecule has 0 saturated carbocycles. The van der Waals surface area contributed by atoms with Gasteiger partial charge in [0.15, 0.2) is 0 Å². The molecule has 0 aromatic heterocycles. The van der Waals surface area contributed by atoms with E-state index >= 15 is 0 Å². The summed E-state index contributed by atoms with van der Waals surface area (Å²) in [7, 11) is 0. The number of fused-ring (bicyclic) bond motifs is 6. The summed E-state index contributed by atoms with van der Waals surface area (Å²) in [5.74, 6) is 0. The summed E-state index contributed by atoms with van der Waals surface area (Å²) in [5, 5.41) is 7.73. The monoisotopic (exact) mass is 479 g/mol. The lowest BCUT2D eigenvalue weighted by atomic mass is 9.92. The van der Waals surface area contributed by atoms with E-state index in [1.165, 1.54) is 43.4 Å². The zero-order valence-electron chi connectivity index (χ0n) is 21.7. The fraction of sp³-hybridized carbons (Fsp3) is 0.111. The Morgan fingerprint density at radius 1 is 0.568 bits per heavy atom. The third kappa shape index (κ3) is 4.73. The summed E-state index contributed by atoms with van der Waals surface area (Å²) in [6.07, 6.45) is 10.3. The molecule has 0 amide bonds. The topological polar surface area (TPSA) is 3.24 Å². The van der Waals surface area contributed by atoms with Crippen molar-refractivity contribution < 1.29 is 0 Å². The van der Waals surface area contributed by atoms with Crippen LogP contribution in [0.1, 0.15) is 26.7 Å². The van der Waals surface area contributed by atoms with Gasteiger partial charge in [-0.15, -0.1) is 0 Å². The first-order valence-electron chi connectivity index (χ1n) is 13.1. The van der Waals surface area contributed by atoms with Crippen LogP contribution in [0.4, 0.5) is 5.69 Å². The van der Waals surface area contributed by atoms with Crippen LogP contribution in [0.5, 0.6) is 0 Å². The number of anilines is 1. The van der Waals surface area contributed by atoms with E-state index in [4.69, 9.17) is 0 Å². The molecule has 0 radical (unpaired) electrons. The molecule has 5 aromatic rings. The average Bonchev–Trinajstić information content (AvgIpc) is 2.95. The van der Waals surface area contributed by atoms with Crippen molar-refractivity contribution in [2.75, 3.05) is 4.90 Å². The van der Waals surface area contributed by atoms with Crippen LogP contribution in [0.25, 0.3) is 43.4 Å². The molecule has 0 N–H and O–H groups in total. The second-order valence-electron chi connectivity index (χ2n) is 9.34. The minimum absolute atomic E-state index is 0.903. The molecule has 0 aliphatic rings. The summed E-state index contributed by atoms with van der Waals surface area (Å²) < 4.78 is 0. The van der Waals surface area contributed by atoms with Crippen molar-refractivity contribution in [2.24, 2.45) is 0 Å². The fourth-order valence-electron chi connectivity index (χ4n) is 5.08. The number of nitrogens with zero attached hydrogens (tertiary/aromatic N) is 1. The van der Waals surface area contributed by atoms with Crippen LogP contribution in [-0.4, -0.2) is 0 Å². The smallest absolute Gasteiger partial charge is 0.0467 e. The average molecular weight is 480 g/mol. The lowest BCUT2D eigenvalue weighted by Crippen LogP contribution is -2.18. The Labute approximate surface area is 220 Å². The van der Waals surface area contributed by atoms with Crippen LogP contribution in [0.15, 0.2) is 140 Å². The van der Waals surface area contributed by atoms with Crippen LogP contribution in [-0.2, 0) is 0 Å². The minimum Gasteiger partial charge on any atom is -0.312 e. The van der Waals surface area contributed by atoms with E-state index in [-0.39, 0.29) is 0 Å². The highest BCUT2D eigenvalue weighted by Gasteiger charge is 2.13. The SMILES string of the molecule is C=C(/C=C\CC)N(C(=C)/C=C\CC)c1cccc(-c2ccc3c4ccccc4c4ccccc4c3c2)c1. The lowest BCUT2D eigenvalue weighted by Gasteiger charge is -2.26. The van der Waals surface area contributed by atoms with Gasteiger partial charge in [-0.3, -0.25) is 0 Å². The predicted molar refractivity (Wildman–Crippen MR) is 164 cm³/mol. The summed E-state index contributed by atoms with van der Waals surface area (Å²) in [6.45, 7) is 13.0. The van der Waals surface area contributed by atoms with Gasteiger partial charge in [-0.1, -0.05) is 112 Å². The molecule has 5 aromatic carbocycles. The van der Waals surface area contributed by atoms with Crippen molar-refractivity contribution in [3.8, 4) is 11.1 Å². The predicted octanol–water partition coefficient (Wildman–Crippen LogP) is 10.6. The maximum absolute atomic E-state index is 4.35. The molecular weight excluding hydrogens is 446 g/mol. The van der Waals surface area contributed by atoms with Crippen LogP contribution in [0.3, 0.4) is 0 Å². The zero-order valence-corrected chi connectivity index (χ0v) is 21.7. The van der Waals surface area contributed by atoms with E-state index in [0.29, 0.717) is 0 Å². The zero-order chi connectivity index (χ0) is 25.8. The number of hydrogen-bond donors (Lipinski definition) is 0. The maximum atomic E-state index is 4.35. The first-order valence-corrected chi connectivity index (χ1v) is 13.1. The summed E-state index contributed by atoms with van der Waals surface area (Å²) in [4.78, 5) is 2.13. The number of allylic oxidation sites excluding steroid dienone is 4. The van der Waals surface area contributed by atoms with Crippen LogP contribution in [0.2, 0.25) is 0 Å². The lowest BCUT2D eigenvalue weighted by molar-refractivity contribution is 1.13. The fourth-order valence-corrected chi connectivity index (χ4v) is 5.08.